The number of nitrogens with zero attached hydrogens (tertiary/aromatic N) is 1. The lowest BCUT2D eigenvalue weighted by atomic mass is 10.3. The zero-order valence-electron chi connectivity index (χ0n) is 10.4. The standard InChI is InChI=1S/C14H15NO2S/c1-15(2)12-8-10-14(11-9-12)18(16,17)13-6-4-3-5-7-13/h3-11H,1-2H3. The quantitative estimate of drug-likeness (QED) is 0.852. The van der Waals surface area contributed by atoms with E-state index in [2.05, 4.69) is 0 Å². The Balaban J connectivity index is 2.43. The summed E-state index contributed by atoms with van der Waals surface area (Å²) in [5, 5.41) is 0. The van der Waals surface area contributed by atoms with E-state index in [9.17, 15) is 8.42 Å². The molecule has 0 bridgehead atoms. The van der Waals surface area contributed by atoms with Crippen LogP contribution in [-0.4, -0.2) is 22.5 Å². The van der Waals surface area contributed by atoms with Gasteiger partial charge in [-0.15, -0.1) is 0 Å². The van der Waals surface area contributed by atoms with Gasteiger partial charge >= 0.3 is 0 Å². The zero-order valence-corrected chi connectivity index (χ0v) is 11.2. The van der Waals surface area contributed by atoms with Crippen LogP contribution in [0.2, 0.25) is 0 Å². The highest BCUT2D eigenvalue weighted by atomic mass is 32.2. The van der Waals surface area contributed by atoms with Gasteiger partial charge < -0.3 is 4.90 Å². The summed E-state index contributed by atoms with van der Waals surface area (Å²) in [6.07, 6.45) is 0. The van der Waals surface area contributed by atoms with Gasteiger partial charge in [0.2, 0.25) is 9.84 Å². The maximum Gasteiger partial charge on any atom is 0.206 e. The number of sulfone groups is 1. The highest BCUT2D eigenvalue weighted by Crippen LogP contribution is 2.22. The van der Waals surface area contributed by atoms with Crippen LogP contribution in [0.25, 0.3) is 0 Å². The molecule has 0 radical (unpaired) electrons. The van der Waals surface area contributed by atoms with Crippen LogP contribution in [0.1, 0.15) is 0 Å². The summed E-state index contributed by atoms with van der Waals surface area (Å²) in [4.78, 5) is 2.57. The molecule has 0 saturated carbocycles. The van der Waals surface area contributed by atoms with Gasteiger partial charge in [0.1, 0.15) is 0 Å². The fourth-order valence-electron chi connectivity index (χ4n) is 1.66. The first-order valence-corrected chi connectivity index (χ1v) is 7.07. The van der Waals surface area contributed by atoms with Crippen LogP contribution in [0, 0.1) is 0 Å². The average molecular weight is 261 g/mol. The van der Waals surface area contributed by atoms with E-state index in [0.717, 1.165) is 5.69 Å². The second kappa shape index (κ2) is 4.82. The molecule has 2 aromatic carbocycles. The van der Waals surface area contributed by atoms with Gasteiger partial charge in [0.15, 0.2) is 0 Å². The Hall–Kier alpha value is -1.81. The molecule has 3 nitrogen and oxygen atoms in total. The van der Waals surface area contributed by atoms with Gasteiger partial charge in [-0.3, -0.25) is 0 Å². The second-order valence-corrected chi connectivity index (χ2v) is 6.15. The molecule has 0 aliphatic heterocycles. The minimum Gasteiger partial charge on any atom is -0.378 e. The van der Waals surface area contributed by atoms with Gasteiger partial charge in [-0.05, 0) is 36.4 Å². The van der Waals surface area contributed by atoms with E-state index in [1.807, 2.05) is 19.0 Å². The van der Waals surface area contributed by atoms with Crippen molar-refractivity contribution >= 4 is 15.5 Å². The van der Waals surface area contributed by atoms with Crippen LogP contribution in [0.5, 0.6) is 0 Å². The molecule has 0 fully saturated rings. The van der Waals surface area contributed by atoms with Crippen LogP contribution in [-0.2, 0) is 9.84 Å². The third-order valence-electron chi connectivity index (χ3n) is 2.72. The monoisotopic (exact) mass is 261 g/mol. The molecular weight excluding hydrogens is 246 g/mol. The van der Waals surface area contributed by atoms with Crippen molar-refractivity contribution < 1.29 is 8.42 Å². The van der Waals surface area contributed by atoms with Crippen LogP contribution in [0.15, 0.2) is 64.4 Å². The Bertz CT molecular complexity index is 617. The highest BCUT2D eigenvalue weighted by molar-refractivity contribution is 7.91. The normalized spacial score (nSPS) is 11.2. The molecule has 0 atom stereocenters. The van der Waals surface area contributed by atoms with E-state index in [1.54, 1.807) is 54.6 Å². The Labute approximate surface area is 108 Å². The van der Waals surface area contributed by atoms with Crippen molar-refractivity contribution in [3.63, 3.8) is 0 Å². The Kier molecular flexibility index (Phi) is 3.39. The summed E-state index contributed by atoms with van der Waals surface area (Å²) in [5.74, 6) is 0. The van der Waals surface area contributed by atoms with Crippen molar-refractivity contribution in [3.8, 4) is 0 Å². The molecule has 0 spiro atoms. The Morgan fingerprint density at radius 1 is 0.778 bits per heavy atom. The lowest BCUT2D eigenvalue weighted by Crippen LogP contribution is -2.09. The molecule has 0 aliphatic carbocycles. The van der Waals surface area contributed by atoms with Crippen molar-refractivity contribution in [1.82, 2.24) is 0 Å². The number of rotatable bonds is 3. The van der Waals surface area contributed by atoms with Gasteiger partial charge in [0.05, 0.1) is 9.79 Å². The molecule has 18 heavy (non-hydrogen) atoms. The minimum atomic E-state index is -3.40. The summed E-state index contributed by atoms with van der Waals surface area (Å²) in [5.41, 5.74) is 0.974. The molecular formula is C14H15NO2S. The summed E-state index contributed by atoms with van der Waals surface area (Å²) in [7, 11) is 0.435. The summed E-state index contributed by atoms with van der Waals surface area (Å²) in [6.45, 7) is 0. The molecule has 94 valence electrons. The molecule has 2 aromatic rings. The molecule has 0 aliphatic rings. The lowest BCUT2D eigenvalue weighted by Gasteiger charge is -2.12. The van der Waals surface area contributed by atoms with Crippen molar-refractivity contribution in [3.05, 3.63) is 54.6 Å². The second-order valence-electron chi connectivity index (χ2n) is 4.20. The summed E-state index contributed by atoms with van der Waals surface area (Å²) in [6, 6.07) is 15.3. The van der Waals surface area contributed by atoms with E-state index in [1.165, 1.54) is 0 Å². The van der Waals surface area contributed by atoms with Crippen LogP contribution < -0.4 is 4.90 Å². The zero-order chi connectivity index (χ0) is 13.2. The van der Waals surface area contributed by atoms with Gasteiger partial charge in [0.25, 0.3) is 0 Å². The maximum absolute atomic E-state index is 12.3. The highest BCUT2D eigenvalue weighted by Gasteiger charge is 2.16. The van der Waals surface area contributed by atoms with Crippen molar-refractivity contribution in [2.24, 2.45) is 0 Å². The molecule has 0 aromatic heterocycles. The molecule has 0 N–H and O–H groups in total. The first-order chi connectivity index (χ1) is 8.51. The summed E-state index contributed by atoms with van der Waals surface area (Å²) < 4.78 is 24.6. The van der Waals surface area contributed by atoms with Gasteiger partial charge in [-0.2, -0.15) is 0 Å². The molecule has 0 amide bonds. The van der Waals surface area contributed by atoms with Crippen LogP contribution in [0.3, 0.4) is 0 Å². The number of benzene rings is 2. The fourth-order valence-corrected chi connectivity index (χ4v) is 2.94. The summed E-state index contributed by atoms with van der Waals surface area (Å²) >= 11 is 0. The molecule has 4 heteroatoms. The molecule has 0 unspecified atom stereocenters. The smallest absolute Gasteiger partial charge is 0.206 e. The number of hydrogen-bond acceptors (Lipinski definition) is 3. The van der Waals surface area contributed by atoms with Crippen molar-refractivity contribution in [2.75, 3.05) is 19.0 Å². The van der Waals surface area contributed by atoms with E-state index in [4.69, 9.17) is 0 Å². The SMILES string of the molecule is CN(C)c1ccc(S(=O)(=O)c2ccccc2)cc1. The van der Waals surface area contributed by atoms with Gasteiger partial charge in [-0.1, -0.05) is 18.2 Å². The predicted molar refractivity (Wildman–Crippen MR) is 72.7 cm³/mol. The first-order valence-electron chi connectivity index (χ1n) is 5.59. The van der Waals surface area contributed by atoms with E-state index >= 15 is 0 Å². The Morgan fingerprint density at radius 2 is 1.28 bits per heavy atom. The molecule has 2 rings (SSSR count). The van der Waals surface area contributed by atoms with E-state index < -0.39 is 9.84 Å². The third-order valence-corrected chi connectivity index (χ3v) is 4.50. The Morgan fingerprint density at radius 3 is 1.78 bits per heavy atom. The minimum absolute atomic E-state index is 0.319. The topological polar surface area (TPSA) is 37.4 Å². The van der Waals surface area contributed by atoms with Crippen molar-refractivity contribution in [1.29, 1.82) is 0 Å². The van der Waals surface area contributed by atoms with Crippen LogP contribution in [0.4, 0.5) is 5.69 Å². The van der Waals surface area contributed by atoms with E-state index in [-0.39, 0.29) is 0 Å². The predicted octanol–water partition coefficient (Wildman–Crippen LogP) is 2.59. The number of anilines is 1. The van der Waals surface area contributed by atoms with Gasteiger partial charge in [0, 0.05) is 19.8 Å². The largest absolute Gasteiger partial charge is 0.378 e. The van der Waals surface area contributed by atoms with Crippen LogP contribution >= 0.6 is 0 Å². The van der Waals surface area contributed by atoms with E-state index in [0.29, 0.717) is 9.79 Å². The fraction of sp³-hybridized carbons (Fsp3) is 0.143. The van der Waals surface area contributed by atoms with Gasteiger partial charge in [-0.25, -0.2) is 8.42 Å². The lowest BCUT2D eigenvalue weighted by molar-refractivity contribution is 0.596. The maximum atomic E-state index is 12.3. The molecule has 0 heterocycles. The number of hydrogen-bond donors (Lipinski definition) is 0. The average Bonchev–Trinajstić information content (AvgIpc) is 2.40. The van der Waals surface area contributed by atoms with Crippen molar-refractivity contribution in [2.45, 2.75) is 9.79 Å². The molecule has 0 saturated heterocycles. The first kappa shape index (κ1) is 12.6. The third kappa shape index (κ3) is 2.38.